The molecule has 1 aliphatic rings. The summed E-state index contributed by atoms with van der Waals surface area (Å²) >= 11 is 0. The van der Waals surface area contributed by atoms with E-state index in [-0.39, 0.29) is 6.29 Å². The predicted octanol–water partition coefficient (Wildman–Crippen LogP) is 0.745. The van der Waals surface area contributed by atoms with E-state index in [1.54, 1.807) is 0 Å². The molecule has 0 saturated carbocycles. The van der Waals surface area contributed by atoms with Crippen LogP contribution in [0.15, 0.2) is 12.0 Å². The van der Waals surface area contributed by atoms with Crippen LogP contribution in [0.5, 0.6) is 0 Å². The molecule has 0 aromatic carbocycles. The number of hydroxylamine groups is 1. The van der Waals surface area contributed by atoms with Gasteiger partial charge in [-0.15, -0.1) is 0 Å². The molecule has 0 aliphatic carbocycles. The number of nitrogens with one attached hydrogen (secondary N) is 1. The normalized spacial score (nSPS) is 32.2. The van der Waals surface area contributed by atoms with E-state index in [0.717, 1.165) is 0 Å². The van der Waals surface area contributed by atoms with Crippen LogP contribution in [0, 0.1) is 0 Å². The average Bonchev–Trinajstić information content (AvgIpc) is 2.14. The summed E-state index contributed by atoms with van der Waals surface area (Å²) in [6.07, 6.45) is 1.66. The molecule has 3 heteroatoms. The van der Waals surface area contributed by atoms with Crippen molar-refractivity contribution in [2.45, 2.75) is 20.1 Å². The molecular weight excluding hydrogens is 106 g/mol. The van der Waals surface area contributed by atoms with Crippen molar-refractivity contribution < 1.29 is 9.57 Å². The summed E-state index contributed by atoms with van der Waals surface area (Å²) in [6.45, 7) is 3.70. The molecule has 0 spiro atoms. The second-order valence-corrected chi connectivity index (χ2v) is 1.56. The molecule has 1 heterocycles. The van der Waals surface area contributed by atoms with Crippen molar-refractivity contribution in [3.8, 4) is 0 Å². The molecule has 1 saturated heterocycles. The Morgan fingerprint density at radius 1 is 1.75 bits per heavy atom. The van der Waals surface area contributed by atoms with Crippen LogP contribution >= 0.6 is 0 Å². The van der Waals surface area contributed by atoms with E-state index in [1.807, 2.05) is 19.9 Å². The summed E-state index contributed by atoms with van der Waals surface area (Å²) in [5.41, 5.74) is 2.59. The van der Waals surface area contributed by atoms with E-state index in [4.69, 9.17) is 9.57 Å². The molecule has 0 amide bonds. The summed E-state index contributed by atoms with van der Waals surface area (Å²) in [5, 5.41) is 0. The third-order valence-corrected chi connectivity index (χ3v) is 0.881. The van der Waals surface area contributed by atoms with Gasteiger partial charge in [0.25, 0.3) is 0 Å². The van der Waals surface area contributed by atoms with Gasteiger partial charge in [-0.05, 0) is 13.0 Å². The first-order chi connectivity index (χ1) is 3.83. The number of allylic oxidation sites excluding steroid dienone is 1. The van der Waals surface area contributed by atoms with Gasteiger partial charge in [0.1, 0.15) is 0 Å². The van der Waals surface area contributed by atoms with Gasteiger partial charge in [0.05, 0.1) is 0 Å². The van der Waals surface area contributed by atoms with E-state index in [2.05, 4.69) is 5.48 Å². The summed E-state index contributed by atoms with van der Waals surface area (Å²) < 4.78 is 5.04. The Hall–Kier alpha value is -0.700. The Morgan fingerprint density at radius 3 is 2.75 bits per heavy atom. The molecule has 8 heavy (non-hydrogen) atoms. The summed E-state index contributed by atoms with van der Waals surface area (Å²) in [7, 11) is 0. The SMILES string of the molecule is C/C=C1/NOC(C)O1. The Labute approximate surface area is 48.2 Å². The second-order valence-electron chi connectivity index (χ2n) is 1.56. The van der Waals surface area contributed by atoms with Crippen LogP contribution in [0.2, 0.25) is 0 Å². The van der Waals surface area contributed by atoms with E-state index in [0.29, 0.717) is 5.88 Å². The molecule has 1 unspecified atom stereocenters. The second kappa shape index (κ2) is 2.05. The van der Waals surface area contributed by atoms with Crippen molar-refractivity contribution in [3.63, 3.8) is 0 Å². The lowest BCUT2D eigenvalue weighted by Gasteiger charge is -1.94. The summed E-state index contributed by atoms with van der Waals surface area (Å²) in [5.74, 6) is 0.692. The lowest BCUT2D eigenvalue weighted by molar-refractivity contribution is -0.0444. The maximum atomic E-state index is 5.04. The highest BCUT2D eigenvalue weighted by atomic mass is 16.8. The molecule has 1 N–H and O–H groups in total. The van der Waals surface area contributed by atoms with Crippen LogP contribution in [-0.2, 0) is 9.57 Å². The fourth-order valence-electron chi connectivity index (χ4n) is 0.495. The predicted molar refractivity (Wildman–Crippen MR) is 28.5 cm³/mol. The van der Waals surface area contributed by atoms with Gasteiger partial charge in [-0.2, -0.15) is 0 Å². The van der Waals surface area contributed by atoms with Crippen molar-refractivity contribution in [3.05, 3.63) is 12.0 Å². The molecule has 1 atom stereocenters. The fraction of sp³-hybridized carbons (Fsp3) is 0.600. The monoisotopic (exact) mass is 115 g/mol. The number of hydrogen-bond donors (Lipinski definition) is 1. The van der Waals surface area contributed by atoms with Crippen molar-refractivity contribution in [1.82, 2.24) is 5.48 Å². The third kappa shape index (κ3) is 0.924. The topological polar surface area (TPSA) is 30.5 Å². The molecular formula is C5H9NO2. The molecule has 0 aromatic rings. The Balaban J connectivity index is 2.44. The maximum absolute atomic E-state index is 5.04. The first-order valence-corrected chi connectivity index (χ1v) is 2.57. The molecule has 0 aromatic heterocycles. The average molecular weight is 115 g/mol. The van der Waals surface area contributed by atoms with E-state index in [9.17, 15) is 0 Å². The fourth-order valence-corrected chi connectivity index (χ4v) is 0.495. The van der Waals surface area contributed by atoms with Crippen LogP contribution in [-0.4, -0.2) is 6.29 Å². The molecule has 1 fully saturated rings. The Morgan fingerprint density at radius 2 is 2.50 bits per heavy atom. The summed E-state index contributed by atoms with van der Waals surface area (Å²) in [4.78, 5) is 4.82. The number of ether oxygens (including phenoxy) is 1. The third-order valence-electron chi connectivity index (χ3n) is 0.881. The van der Waals surface area contributed by atoms with Crippen molar-refractivity contribution in [2.75, 3.05) is 0 Å². The minimum Gasteiger partial charge on any atom is -0.447 e. The van der Waals surface area contributed by atoms with Gasteiger partial charge in [-0.3, -0.25) is 0 Å². The zero-order valence-corrected chi connectivity index (χ0v) is 4.97. The molecule has 1 rings (SSSR count). The van der Waals surface area contributed by atoms with Gasteiger partial charge in [0.15, 0.2) is 0 Å². The highest BCUT2D eigenvalue weighted by Gasteiger charge is 2.13. The van der Waals surface area contributed by atoms with Gasteiger partial charge in [-0.1, -0.05) is 0 Å². The van der Waals surface area contributed by atoms with Crippen molar-refractivity contribution in [2.24, 2.45) is 0 Å². The quantitative estimate of drug-likeness (QED) is 0.505. The van der Waals surface area contributed by atoms with Gasteiger partial charge in [0, 0.05) is 6.92 Å². The van der Waals surface area contributed by atoms with Crippen LogP contribution in [0.4, 0.5) is 0 Å². The molecule has 0 radical (unpaired) electrons. The minimum absolute atomic E-state index is 0.152. The van der Waals surface area contributed by atoms with Crippen LogP contribution < -0.4 is 5.48 Å². The zero-order valence-electron chi connectivity index (χ0n) is 4.97. The minimum atomic E-state index is -0.152. The Bertz CT molecular complexity index is 111. The van der Waals surface area contributed by atoms with Crippen LogP contribution in [0.25, 0.3) is 0 Å². The first kappa shape index (κ1) is 5.44. The number of rotatable bonds is 0. The van der Waals surface area contributed by atoms with Gasteiger partial charge >= 0.3 is 0 Å². The largest absolute Gasteiger partial charge is 0.447 e. The standard InChI is InChI=1S/C5H9NO2/c1-3-5-6-8-4(2)7-5/h3-4,6H,1-2H3/b5-3-. The van der Waals surface area contributed by atoms with Crippen molar-refractivity contribution in [1.29, 1.82) is 0 Å². The van der Waals surface area contributed by atoms with Gasteiger partial charge in [0.2, 0.25) is 12.2 Å². The maximum Gasteiger partial charge on any atom is 0.222 e. The van der Waals surface area contributed by atoms with Gasteiger partial charge < -0.3 is 4.74 Å². The first-order valence-electron chi connectivity index (χ1n) is 2.57. The summed E-state index contributed by atoms with van der Waals surface area (Å²) in [6, 6.07) is 0. The van der Waals surface area contributed by atoms with E-state index < -0.39 is 0 Å². The van der Waals surface area contributed by atoms with Crippen molar-refractivity contribution >= 4 is 0 Å². The molecule has 3 nitrogen and oxygen atoms in total. The van der Waals surface area contributed by atoms with E-state index >= 15 is 0 Å². The smallest absolute Gasteiger partial charge is 0.222 e. The molecule has 46 valence electrons. The van der Waals surface area contributed by atoms with E-state index in [1.165, 1.54) is 0 Å². The zero-order chi connectivity index (χ0) is 5.98. The number of hydrogen-bond acceptors (Lipinski definition) is 3. The molecule has 0 bridgehead atoms. The van der Waals surface area contributed by atoms with Crippen LogP contribution in [0.1, 0.15) is 13.8 Å². The highest BCUT2D eigenvalue weighted by molar-refractivity contribution is 4.86. The van der Waals surface area contributed by atoms with Crippen LogP contribution in [0.3, 0.4) is 0 Å². The Kier molecular flexibility index (Phi) is 1.39. The lowest BCUT2D eigenvalue weighted by atomic mass is 10.6. The lowest BCUT2D eigenvalue weighted by Crippen LogP contribution is -2.04. The molecule has 1 aliphatic heterocycles. The van der Waals surface area contributed by atoms with Gasteiger partial charge in [-0.25, -0.2) is 10.3 Å². The highest BCUT2D eigenvalue weighted by Crippen LogP contribution is 2.06.